The van der Waals surface area contributed by atoms with Crippen LogP contribution in [0.5, 0.6) is 11.5 Å². The lowest BCUT2D eigenvalue weighted by Crippen LogP contribution is -2.28. The Hall–Kier alpha value is -1.30. The molecule has 0 aliphatic heterocycles. The molecule has 1 aromatic rings. The summed E-state index contributed by atoms with van der Waals surface area (Å²) in [6.45, 7) is 6.75. The molecule has 0 saturated carbocycles. The van der Waals surface area contributed by atoms with Gasteiger partial charge in [-0.2, -0.15) is 0 Å². The van der Waals surface area contributed by atoms with Crippen molar-refractivity contribution < 1.29 is 14.4 Å². The van der Waals surface area contributed by atoms with Crippen molar-refractivity contribution in [3.8, 4) is 11.5 Å². The van der Waals surface area contributed by atoms with Crippen LogP contribution < -0.4 is 9.47 Å². The second-order valence-electron chi connectivity index (χ2n) is 5.62. The van der Waals surface area contributed by atoms with Gasteiger partial charge >= 0.3 is 5.69 Å². The first-order valence-electron chi connectivity index (χ1n) is 6.30. The largest absolute Gasteiger partial charge is 0.497 e. The summed E-state index contributed by atoms with van der Waals surface area (Å²) < 4.78 is 10.7. The molecule has 1 aromatic carbocycles. The molecule has 0 spiro atoms. The van der Waals surface area contributed by atoms with Crippen LogP contribution in [-0.2, 0) is 0 Å². The lowest BCUT2D eigenvalue weighted by Gasteiger charge is -2.28. The summed E-state index contributed by atoms with van der Waals surface area (Å²) in [7, 11) is 1.52. The van der Waals surface area contributed by atoms with E-state index in [1.807, 2.05) is 0 Å². The monoisotopic (exact) mass is 345 g/mol. The van der Waals surface area contributed by atoms with Crippen molar-refractivity contribution in [2.24, 2.45) is 11.3 Å². The van der Waals surface area contributed by atoms with Gasteiger partial charge < -0.3 is 9.47 Å². The van der Waals surface area contributed by atoms with Gasteiger partial charge in [-0.05, 0) is 11.5 Å². The lowest BCUT2D eigenvalue weighted by atomic mass is 9.83. The average molecular weight is 346 g/mol. The number of ether oxygens (including phenoxy) is 2. The molecule has 1 rings (SSSR count). The first-order valence-corrected chi connectivity index (χ1v) is 7.43. The Morgan fingerprint density at radius 2 is 2.05 bits per heavy atom. The number of hydrogen-bond acceptors (Lipinski definition) is 4. The smallest absolute Gasteiger partial charge is 0.311 e. The van der Waals surface area contributed by atoms with Gasteiger partial charge in [-0.15, -0.1) is 0 Å². The summed E-state index contributed by atoms with van der Waals surface area (Å²) in [5, 5.41) is 11.8. The van der Waals surface area contributed by atoms with Crippen LogP contribution in [0.25, 0.3) is 0 Å². The van der Waals surface area contributed by atoms with Gasteiger partial charge in [0.15, 0.2) is 0 Å². The van der Waals surface area contributed by atoms with E-state index in [4.69, 9.17) is 9.47 Å². The molecular formula is C14H20BrNO4. The molecule has 6 heteroatoms. The van der Waals surface area contributed by atoms with Gasteiger partial charge in [0.2, 0.25) is 5.75 Å². The lowest BCUT2D eigenvalue weighted by molar-refractivity contribution is -0.385. The van der Waals surface area contributed by atoms with Crippen LogP contribution in [0.3, 0.4) is 0 Å². The molecule has 0 aromatic heterocycles. The summed E-state index contributed by atoms with van der Waals surface area (Å²) in [6.07, 6.45) is 0. The van der Waals surface area contributed by atoms with Crippen molar-refractivity contribution in [1.82, 2.24) is 0 Å². The zero-order chi connectivity index (χ0) is 15.3. The fourth-order valence-electron chi connectivity index (χ4n) is 1.60. The predicted molar refractivity (Wildman–Crippen MR) is 81.9 cm³/mol. The molecule has 20 heavy (non-hydrogen) atoms. The predicted octanol–water partition coefficient (Wildman–Crippen LogP) is 4.04. The molecule has 0 bridgehead atoms. The minimum absolute atomic E-state index is 0.0481. The Bertz CT molecular complexity index is 471. The second kappa shape index (κ2) is 6.92. The fourth-order valence-corrected chi connectivity index (χ4v) is 2.76. The Morgan fingerprint density at radius 3 is 2.50 bits per heavy atom. The Balaban J connectivity index is 2.92. The molecule has 0 saturated heterocycles. The highest BCUT2D eigenvalue weighted by Gasteiger charge is 2.25. The van der Waals surface area contributed by atoms with Crippen LogP contribution in [0.15, 0.2) is 18.2 Å². The van der Waals surface area contributed by atoms with Gasteiger partial charge in [0.25, 0.3) is 0 Å². The van der Waals surface area contributed by atoms with E-state index in [1.54, 1.807) is 12.1 Å². The molecule has 0 aliphatic rings. The van der Waals surface area contributed by atoms with Gasteiger partial charge in [0.05, 0.1) is 18.6 Å². The second-order valence-corrected chi connectivity index (χ2v) is 6.27. The summed E-state index contributed by atoms with van der Waals surface area (Å²) in [4.78, 5) is 10.6. The standard InChI is InChI=1S/C14H20BrNO4/c1-14(2,3)10(8-15)9-20-13-7-11(19-4)5-6-12(13)16(17)18/h5-7,10H,8-9H2,1-4H3. The molecule has 0 aliphatic carbocycles. The van der Waals surface area contributed by atoms with Crippen molar-refractivity contribution in [2.75, 3.05) is 19.0 Å². The summed E-state index contributed by atoms with van der Waals surface area (Å²) in [5.74, 6) is 1.02. The van der Waals surface area contributed by atoms with Crippen molar-refractivity contribution >= 4 is 21.6 Å². The van der Waals surface area contributed by atoms with E-state index in [-0.39, 0.29) is 22.8 Å². The number of hydrogen-bond donors (Lipinski definition) is 0. The number of rotatable bonds is 6. The minimum atomic E-state index is -0.449. The van der Waals surface area contributed by atoms with Crippen LogP contribution >= 0.6 is 15.9 Å². The third-order valence-corrected chi connectivity index (χ3v) is 4.00. The van der Waals surface area contributed by atoms with Crippen LogP contribution in [0.4, 0.5) is 5.69 Å². The van der Waals surface area contributed by atoms with Crippen molar-refractivity contribution in [3.05, 3.63) is 28.3 Å². The average Bonchev–Trinajstić information content (AvgIpc) is 2.37. The van der Waals surface area contributed by atoms with E-state index in [0.29, 0.717) is 12.4 Å². The van der Waals surface area contributed by atoms with Crippen LogP contribution in [0.2, 0.25) is 0 Å². The zero-order valence-electron chi connectivity index (χ0n) is 12.2. The van der Waals surface area contributed by atoms with E-state index in [9.17, 15) is 10.1 Å². The number of benzene rings is 1. The highest BCUT2D eigenvalue weighted by atomic mass is 79.9. The topological polar surface area (TPSA) is 61.6 Å². The number of alkyl halides is 1. The molecule has 0 amide bonds. The van der Waals surface area contributed by atoms with Gasteiger partial charge in [-0.3, -0.25) is 10.1 Å². The van der Waals surface area contributed by atoms with Gasteiger partial charge in [-0.1, -0.05) is 36.7 Å². The van der Waals surface area contributed by atoms with Crippen LogP contribution in [0.1, 0.15) is 20.8 Å². The summed E-state index contributed by atoms with van der Waals surface area (Å²) in [5.41, 5.74) is 0.00461. The number of nitro benzene ring substituents is 1. The van der Waals surface area contributed by atoms with Gasteiger partial charge in [0.1, 0.15) is 5.75 Å². The van der Waals surface area contributed by atoms with Crippen LogP contribution in [0, 0.1) is 21.4 Å². The van der Waals surface area contributed by atoms with E-state index >= 15 is 0 Å². The highest BCUT2D eigenvalue weighted by molar-refractivity contribution is 9.09. The number of methoxy groups -OCH3 is 1. The molecule has 0 fully saturated rings. The number of nitrogens with zero attached hydrogens (tertiary/aromatic N) is 1. The Labute approximate surface area is 127 Å². The molecule has 0 radical (unpaired) electrons. The Morgan fingerprint density at radius 1 is 1.40 bits per heavy atom. The quantitative estimate of drug-likeness (QED) is 0.443. The minimum Gasteiger partial charge on any atom is -0.497 e. The van der Waals surface area contributed by atoms with Gasteiger partial charge in [-0.25, -0.2) is 0 Å². The maximum Gasteiger partial charge on any atom is 0.311 e. The SMILES string of the molecule is COc1ccc([N+](=O)[O-])c(OCC(CBr)C(C)(C)C)c1. The first-order chi connectivity index (χ1) is 9.29. The third-order valence-electron chi connectivity index (χ3n) is 3.21. The molecule has 0 heterocycles. The molecule has 5 nitrogen and oxygen atoms in total. The number of nitro groups is 1. The zero-order valence-corrected chi connectivity index (χ0v) is 13.8. The number of halogens is 1. The van der Waals surface area contributed by atoms with Crippen molar-refractivity contribution in [2.45, 2.75) is 20.8 Å². The molecule has 1 atom stereocenters. The van der Waals surface area contributed by atoms with E-state index < -0.39 is 4.92 Å². The maximum atomic E-state index is 11.0. The van der Waals surface area contributed by atoms with E-state index in [0.717, 1.165) is 5.33 Å². The first kappa shape index (κ1) is 16.8. The summed E-state index contributed by atoms with van der Waals surface area (Å²) >= 11 is 3.46. The normalized spacial score (nSPS) is 12.8. The maximum absolute atomic E-state index is 11.0. The van der Waals surface area contributed by atoms with Crippen LogP contribution in [-0.4, -0.2) is 24.0 Å². The van der Waals surface area contributed by atoms with Crippen molar-refractivity contribution in [3.63, 3.8) is 0 Å². The third kappa shape index (κ3) is 4.37. The van der Waals surface area contributed by atoms with E-state index in [1.165, 1.54) is 13.2 Å². The highest BCUT2D eigenvalue weighted by Crippen LogP contribution is 2.33. The molecular weight excluding hydrogens is 326 g/mol. The van der Waals surface area contributed by atoms with Crippen molar-refractivity contribution in [1.29, 1.82) is 0 Å². The molecule has 1 unspecified atom stereocenters. The summed E-state index contributed by atoms with van der Waals surface area (Å²) in [6, 6.07) is 4.50. The van der Waals surface area contributed by atoms with Gasteiger partial charge in [0, 0.05) is 23.4 Å². The van der Waals surface area contributed by atoms with E-state index in [2.05, 4.69) is 36.7 Å². The molecule has 112 valence electrons. The fraction of sp³-hybridized carbons (Fsp3) is 0.571. The Kier molecular flexibility index (Phi) is 5.80. The molecule has 0 N–H and O–H groups in total.